The zero-order chi connectivity index (χ0) is 24.6. The van der Waals surface area contributed by atoms with Crippen molar-refractivity contribution in [1.29, 1.82) is 0 Å². The number of nitrogens with one attached hydrogen (secondary N) is 1. The molecule has 34 heavy (non-hydrogen) atoms. The fourth-order valence-corrected chi connectivity index (χ4v) is 4.00. The maximum absolute atomic E-state index is 15.1. The molecular weight excluding hydrogens is 458 g/mol. The Hall–Kier alpha value is -3.89. The molecule has 2 aliphatic rings. The third-order valence-corrected chi connectivity index (χ3v) is 5.73. The van der Waals surface area contributed by atoms with E-state index in [1.807, 2.05) is 0 Å². The van der Waals surface area contributed by atoms with Crippen molar-refractivity contribution >= 4 is 29.8 Å². The van der Waals surface area contributed by atoms with Crippen LogP contribution in [0.5, 0.6) is 0 Å². The molecule has 1 N–H and O–H groups in total. The van der Waals surface area contributed by atoms with Gasteiger partial charge in [-0.1, -0.05) is 30.3 Å². The minimum atomic E-state index is -4.73. The number of nitrogens with zero attached hydrogens (tertiary/aromatic N) is 2. The second-order valence-electron chi connectivity index (χ2n) is 7.87. The number of carbonyl (C=O) groups excluding carboxylic acids is 4. The van der Waals surface area contributed by atoms with Crippen LogP contribution in [-0.4, -0.2) is 47.0 Å². The average molecular weight is 475 g/mol. The molecule has 2 aliphatic heterocycles. The lowest BCUT2D eigenvalue weighted by Gasteiger charge is -2.29. The largest absolute Gasteiger partial charge is 0.400 e. The number of imide groups is 1. The van der Waals surface area contributed by atoms with Crippen LogP contribution in [0.1, 0.15) is 50.6 Å². The van der Waals surface area contributed by atoms with E-state index in [9.17, 15) is 32.3 Å². The van der Waals surface area contributed by atoms with Gasteiger partial charge in [-0.15, -0.1) is 0 Å². The number of hydrogen-bond donors (Lipinski definition) is 1. The fraction of sp³-hybridized carbons (Fsp3) is 0.261. The molecule has 2 heterocycles. The first kappa shape index (κ1) is 23.3. The predicted molar refractivity (Wildman–Crippen MR) is 111 cm³/mol. The summed E-state index contributed by atoms with van der Waals surface area (Å²) in [5, 5.41) is 2.12. The third-order valence-electron chi connectivity index (χ3n) is 5.73. The molecule has 1 fully saturated rings. The predicted octanol–water partition coefficient (Wildman–Crippen LogP) is 3.14. The van der Waals surface area contributed by atoms with E-state index in [1.165, 1.54) is 30.3 Å². The summed E-state index contributed by atoms with van der Waals surface area (Å²) < 4.78 is 55.5. The molecule has 0 bridgehead atoms. The zero-order valence-electron chi connectivity index (χ0n) is 17.4. The second kappa shape index (κ2) is 8.81. The third kappa shape index (κ3) is 4.33. The first-order chi connectivity index (χ1) is 16.1. The van der Waals surface area contributed by atoms with E-state index in [2.05, 4.69) is 10.3 Å². The number of benzene rings is 2. The van der Waals surface area contributed by atoms with E-state index in [1.54, 1.807) is 6.07 Å². The van der Waals surface area contributed by atoms with Crippen LogP contribution in [-0.2, 0) is 16.1 Å². The van der Waals surface area contributed by atoms with Crippen LogP contribution in [0.4, 0.5) is 17.6 Å². The first-order valence-electron chi connectivity index (χ1n) is 10.2. The topological polar surface area (TPSA) is 95.9 Å². The van der Waals surface area contributed by atoms with Crippen LogP contribution in [0.15, 0.2) is 47.5 Å². The van der Waals surface area contributed by atoms with Gasteiger partial charge >= 0.3 is 6.18 Å². The molecule has 1 saturated heterocycles. The summed E-state index contributed by atoms with van der Waals surface area (Å²) in [6.45, 7) is -0.327. The highest BCUT2D eigenvalue weighted by molar-refractivity contribution is 6.06. The van der Waals surface area contributed by atoms with E-state index in [0.717, 1.165) is 11.0 Å². The standard InChI is InChI=1S/C23H17F4N3O4/c24-19-14(20(32)28-10-16(23(25,26)27)12-4-2-1-3-5-12)7-6-13-15(19)11-30(22(13)34)17-8-9-18(31)29-21(17)33/h1-7,10,16-17H,8-9,11H2,(H,29,31,33)/b28-10+. The van der Waals surface area contributed by atoms with Gasteiger partial charge in [0.15, 0.2) is 0 Å². The highest BCUT2D eigenvalue weighted by Crippen LogP contribution is 2.34. The molecule has 2 aromatic carbocycles. The molecule has 2 aromatic rings. The average Bonchev–Trinajstić information content (AvgIpc) is 3.11. The Kier molecular flexibility index (Phi) is 6.03. The van der Waals surface area contributed by atoms with Crippen molar-refractivity contribution < 1.29 is 36.7 Å². The molecule has 2 unspecified atom stereocenters. The quantitative estimate of drug-likeness (QED) is 0.418. The summed E-state index contributed by atoms with van der Waals surface area (Å²) in [4.78, 5) is 53.1. The van der Waals surface area contributed by atoms with Crippen molar-refractivity contribution in [3.05, 3.63) is 70.5 Å². The number of carbonyl (C=O) groups is 4. The van der Waals surface area contributed by atoms with E-state index in [0.29, 0.717) is 6.21 Å². The summed E-state index contributed by atoms with van der Waals surface area (Å²) in [5.41, 5.74) is -0.959. The highest BCUT2D eigenvalue weighted by atomic mass is 19.4. The summed E-state index contributed by atoms with van der Waals surface area (Å²) >= 11 is 0. The number of amides is 4. The van der Waals surface area contributed by atoms with Crippen LogP contribution in [0.3, 0.4) is 0 Å². The number of rotatable bonds is 4. The molecule has 4 rings (SSSR count). The molecule has 0 saturated carbocycles. The summed E-state index contributed by atoms with van der Waals surface area (Å²) in [5.74, 6) is -6.30. The van der Waals surface area contributed by atoms with Gasteiger partial charge in [-0.3, -0.25) is 24.5 Å². The van der Waals surface area contributed by atoms with Crippen molar-refractivity contribution in [3.63, 3.8) is 0 Å². The molecule has 4 amide bonds. The van der Waals surface area contributed by atoms with Crippen LogP contribution in [0, 0.1) is 5.82 Å². The van der Waals surface area contributed by atoms with Gasteiger partial charge in [0, 0.05) is 23.8 Å². The number of aliphatic imine (C=N–C) groups is 1. The summed E-state index contributed by atoms with van der Waals surface area (Å²) in [6, 6.07) is 8.01. The molecule has 0 aromatic heterocycles. The zero-order valence-corrected chi connectivity index (χ0v) is 17.4. The van der Waals surface area contributed by atoms with Gasteiger partial charge in [0.05, 0.1) is 12.1 Å². The number of fused-ring (bicyclic) bond motifs is 1. The molecule has 0 radical (unpaired) electrons. The van der Waals surface area contributed by atoms with E-state index < -0.39 is 53.1 Å². The highest BCUT2D eigenvalue weighted by Gasteiger charge is 2.42. The Morgan fingerprint density at radius 3 is 2.47 bits per heavy atom. The van der Waals surface area contributed by atoms with Gasteiger partial charge in [0.25, 0.3) is 11.8 Å². The second-order valence-corrected chi connectivity index (χ2v) is 7.87. The van der Waals surface area contributed by atoms with Crippen LogP contribution < -0.4 is 5.32 Å². The minimum Gasteiger partial charge on any atom is -0.322 e. The number of alkyl halides is 3. The van der Waals surface area contributed by atoms with Crippen LogP contribution >= 0.6 is 0 Å². The lowest BCUT2D eigenvalue weighted by Crippen LogP contribution is -2.52. The monoisotopic (exact) mass is 475 g/mol. The Labute approximate surface area is 190 Å². The first-order valence-corrected chi connectivity index (χ1v) is 10.2. The molecule has 2 atom stereocenters. The van der Waals surface area contributed by atoms with Crippen molar-refractivity contribution in [1.82, 2.24) is 10.2 Å². The van der Waals surface area contributed by atoms with Crippen molar-refractivity contribution in [2.75, 3.05) is 0 Å². The van der Waals surface area contributed by atoms with E-state index in [-0.39, 0.29) is 36.1 Å². The lowest BCUT2D eigenvalue weighted by atomic mass is 10.00. The molecule has 176 valence electrons. The smallest absolute Gasteiger partial charge is 0.322 e. The molecular formula is C23H17F4N3O4. The summed E-state index contributed by atoms with van der Waals surface area (Å²) in [7, 11) is 0. The minimum absolute atomic E-state index is 0.0131. The summed E-state index contributed by atoms with van der Waals surface area (Å²) in [6.07, 6.45) is -4.22. The number of hydrogen-bond acceptors (Lipinski definition) is 4. The lowest BCUT2D eigenvalue weighted by molar-refractivity contribution is -0.137. The van der Waals surface area contributed by atoms with Crippen molar-refractivity contribution in [2.45, 2.75) is 37.5 Å². The van der Waals surface area contributed by atoms with Gasteiger partial charge in [-0.2, -0.15) is 13.2 Å². The molecule has 0 aliphatic carbocycles. The van der Waals surface area contributed by atoms with Gasteiger partial charge in [0.1, 0.15) is 17.8 Å². The molecule has 7 nitrogen and oxygen atoms in total. The SMILES string of the molecule is O=C1CCC(N2Cc3c(ccc(C(=O)/N=C/C(c4ccccc4)C(F)(F)F)c3F)C2=O)C(=O)N1. The Morgan fingerprint density at radius 2 is 1.82 bits per heavy atom. The van der Waals surface area contributed by atoms with Crippen molar-refractivity contribution in [3.8, 4) is 0 Å². The molecule has 0 spiro atoms. The maximum atomic E-state index is 15.1. The van der Waals surface area contributed by atoms with E-state index >= 15 is 4.39 Å². The number of halogens is 4. The van der Waals surface area contributed by atoms with Gasteiger partial charge in [-0.05, 0) is 24.1 Å². The Morgan fingerprint density at radius 1 is 1.12 bits per heavy atom. The fourth-order valence-electron chi connectivity index (χ4n) is 4.00. The number of piperidine rings is 1. The van der Waals surface area contributed by atoms with Crippen LogP contribution in [0.25, 0.3) is 0 Å². The molecule has 11 heteroatoms. The van der Waals surface area contributed by atoms with Gasteiger partial charge < -0.3 is 4.90 Å². The normalized spacial score (nSPS) is 19.4. The Bertz CT molecular complexity index is 1210. The van der Waals surface area contributed by atoms with Crippen LogP contribution in [0.2, 0.25) is 0 Å². The van der Waals surface area contributed by atoms with Crippen molar-refractivity contribution in [2.24, 2.45) is 4.99 Å². The van der Waals surface area contributed by atoms with E-state index in [4.69, 9.17) is 0 Å². The van der Waals surface area contributed by atoms with Gasteiger partial charge in [0.2, 0.25) is 11.8 Å². The maximum Gasteiger partial charge on any atom is 0.400 e. The Balaban J connectivity index is 1.58. The van der Waals surface area contributed by atoms with Gasteiger partial charge in [-0.25, -0.2) is 9.38 Å².